The number of fused-ring (bicyclic) bond motifs is 1. The molecule has 2 aromatic carbocycles. The molecule has 0 atom stereocenters. The van der Waals surface area contributed by atoms with Crippen LogP contribution < -0.4 is 5.69 Å². The van der Waals surface area contributed by atoms with E-state index in [4.69, 9.17) is 28.2 Å². The summed E-state index contributed by atoms with van der Waals surface area (Å²) in [6.45, 7) is 0. The van der Waals surface area contributed by atoms with E-state index in [2.05, 4.69) is 25.9 Å². The summed E-state index contributed by atoms with van der Waals surface area (Å²) in [5.74, 6) is 0. The van der Waals surface area contributed by atoms with E-state index in [1.807, 2.05) is 65.2 Å². The summed E-state index contributed by atoms with van der Waals surface area (Å²) in [5, 5.41) is 1.01. The number of pyridine rings is 1. The maximum Gasteiger partial charge on any atom is 0.346 e. The van der Waals surface area contributed by atoms with Crippen LogP contribution in [-0.2, 0) is 0 Å². The van der Waals surface area contributed by atoms with Gasteiger partial charge in [0.05, 0.1) is 22.1 Å². The van der Waals surface area contributed by atoms with Crippen LogP contribution >= 0.6 is 39.1 Å². The second-order valence-electron chi connectivity index (χ2n) is 6.85. The van der Waals surface area contributed by atoms with E-state index in [-0.39, 0.29) is 0 Å². The summed E-state index contributed by atoms with van der Waals surface area (Å²) >= 11 is 16.0. The number of halogens is 3. The van der Waals surface area contributed by atoms with Gasteiger partial charge in [-0.1, -0.05) is 57.3 Å². The molecule has 0 aliphatic rings. The number of nitrogens with one attached hydrogen (secondary N) is 1. The van der Waals surface area contributed by atoms with Gasteiger partial charge in [-0.3, -0.25) is 4.40 Å². The van der Waals surface area contributed by atoms with Gasteiger partial charge in [0, 0.05) is 26.8 Å². The lowest BCUT2D eigenvalue weighted by Gasteiger charge is -2.09. The standard InChI is InChI=1S/C23H13BrCl2N4O/c24-14-6-4-13(5-7-14)18-12-19(28-23(31)27-18)22-21(16-9-8-15(25)11-17(16)26)29-20-3-1-2-10-30(20)22/h1-12H,(H,27,28,31). The maximum absolute atomic E-state index is 12.5. The van der Waals surface area contributed by atoms with Gasteiger partial charge in [0.1, 0.15) is 11.3 Å². The van der Waals surface area contributed by atoms with E-state index >= 15 is 0 Å². The summed E-state index contributed by atoms with van der Waals surface area (Å²) in [6, 6.07) is 20.4. The fourth-order valence-corrected chi connectivity index (χ4v) is 4.24. The van der Waals surface area contributed by atoms with Crippen LogP contribution in [0, 0.1) is 0 Å². The average Bonchev–Trinajstić information content (AvgIpc) is 3.13. The van der Waals surface area contributed by atoms with Crippen molar-refractivity contribution in [3.8, 4) is 33.9 Å². The van der Waals surface area contributed by atoms with Gasteiger partial charge in [-0.15, -0.1) is 0 Å². The summed E-state index contributed by atoms with van der Waals surface area (Å²) in [5.41, 5.74) is 4.30. The van der Waals surface area contributed by atoms with Gasteiger partial charge >= 0.3 is 5.69 Å². The van der Waals surface area contributed by atoms with Crippen LogP contribution in [0.2, 0.25) is 10.0 Å². The Hall–Kier alpha value is -2.93. The Morgan fingerprint density at radius 3 is 2.52 bits per heavy atom. The Kier molecular flexibility index (Phi) is 5.14. The molecule has 0 unspecified atom stereocenters. The van der Waals surface area contributed by atoms with Gasteiger partial charge in [-0.25, -0.2) is 9.78 Å². The topological polar surface area (TPSA) is 63.1 Å². The Labute approximate surface area is 195 Å². The third kappa shape index (κ3) is 3.78. The van der Waals surface area contributed by atoms with Crippen molar-refractivity contribution >= 4 is 44.8 Å². The Balaban J connectivity index is 1.79. The molecular formula is C23H13BrCl2N4O. The van der Waals surface area contributed by atoms with Gasteiger partial charge in [-0.05, 0) is 48.5 Å². The number of hydrogen-bond donors (Lipinski definition) is 1. The molecule has 0 aliphatic carbocycles. The number of H-pyrrole nitrogens is 1. The van der Waals surface area contributed by atoms with Crippen molar-refractivity contribution in [2.75, 3.05) is 0 Å². The first-order chi connectivity index (χ1) is 15.0. The first-order valence-electron chi connectivity index (χ1n) is 9.30. The largest absolute Gasteiger partial charge is 0.346 e. The highest BCUT2D eigenvalue weighted by atomic mass is 79.9. The van der Waals surface area contributed by atoms with Crippen molar-refractivity contribution in [3.63, 3.8) is 0 Å². The van der Waals surface area contributed by atoms with Crippen molar-refractivity contribution in [2.24, 2.45) is 0 Å². The fourth-order valence-electron chi connectivity index (χ4n) is 3.48. The quantitative estimate of drug-likeness (QED) is 0.301. The average molecular weight is 512 g/mol. The third-order valence-corrected chi connectivity index (χ3v) is 5.93. The smallest absolute Gasteiger partial charge is 0.304 e. The predicted molar refractivity (Wildman–Crippen MR) is 128 cm³/mol. The molecule has 8 heteroatoms. The normalized spacial score (nSPS) is 11.2. The first kappa shape index (κ1) is 20.0. The van der Waals surface area contributed by atoms with Crippen LogP contribution in [0.3, 0.4) is 0 Å². The van der Waals surface area contributed by atoms with E-state index in [0.717, 1.165) is 15.7 Å². The van der Waals surface area contributed by atoms with Gasteiger partial charge < -0.3 is 4.98 Å². The van der Waals surface area contributed by atoms with Crippen molar-refractivity contribution in [2.45, 2.75) is 0 Å². The summed E-state index contributed by atoms with van der Waals surface area (Å²) in [4.78, 5) is 24.3. The van der Waals surface area contributed by atoms with Crippen LogP contribution in [0.25, 0.3) is 39.5 Å². The van der Waals surface area contributed by atoms with Crippen LogP contribution in [-0.4, -0.2) is 19.4 Å². The van der Waals surface area contributed by atoms with Crippen molar-refractivity contribution < 1.29 is 0 Å². The zero-order chi connectivity index (χ0) is 21.5. The van der Waals surface area contributed by atoms with Crippen molar-refractivity contribution in [1.29, 1.82) is 0 Å². The Bertz CT molecular complexity index is 1490. The van der Waals surface area contributed by atoms with Gasteiger partial charge in [-0.2, -0.15) is 4.98 Å². The highest BCUT2D eigenvalue weighted by Crippen LogP contribution is 2.37. The summed E-state index contributed by atoms with van der Waals surface area (Å²) < 4.78 is 2.86. The first-order valence-corrected chi connectivity index (χ1v) is 10.8. The van der Waals surface area contributed by atoms with Gasteiger partial charge in [0.15, 0.2) is 0 Å². The molecule has 0 bridgehead atoms. The molecule has 0 radical (unpaired) electrons. The minimum atomic E-state index is -0.450. The molecule has 0 aliphatic heterocycles. The molecule has 0 spiro atoms. The molecule has 0 amide bonds. The molecule has 152 valence electrons. The van der Waals surface area contributed by atoms with E-state index in [1.54, 1.807) is 12.1 Å². The highest BCUT2D eigenvalue weighted by Gasteiger charge is 2.20. The lowest BCUT2D eigenvalue weighted by atomic mass is 10.1. The van der Waals surface area contributed by atoms with Crippen LogP contribution in [0.1, 0.15) is 0 Å². The third-order valence-electron chi connectivity index (χ3n) is 4.86. The van der Waals surface area contributed by atoms with Crippen LogP contribution in [0.4, 0.5) is 0 Å². The van der Waals surface area contributed by atoms with E-state index in [9.17, 15) is 4.79 Å². The number of aromatic nitrogens is 4. The number of imidazole rings is 1. The van der Waals surface area contributed by atoms with Crippen molar-refractivity contribution in [3.05, 3.63) is 97.9 Å². The molecule has 5 aromatic rings. The number of aromatic amines is 1. The lowest BCUT2D eigenvalue weighted by molar-refractivity contribution is 1.07. The molecule has 0 saturated carbocycles. The molecule has 0 fully saturated rings. The number of benzene rings is 2. The summed E-state index contributed by atoms with van der Waals surface area (Å²) in [6.07, 6.45) is 1.89. The number of nitrogens with zero attached hydrogens (tertiary/aromatic N) is 3. The molecule has 5 nitrogen and oxygen atoms in total. The summed E-state index contributed by atoms with van der Waals surface area (Å²) in [7, 11) is 0. The SMILES string of the molecule is O=c1nc(-c2ccc(Br)cc2)cc(-c2c(-c3ccc(Cl)cc3Cl)nc3ccccn23)[nH]1. The Morgan fingerprint density at radius 1 is 0.935 bits per heavy atom. The minimum absolute atomic E-state index is 0.450. The monoisotopic (exact) mass is 510 g/mol. The Morgan fingerprint density at radius 2 is 1.74 bits per heavy atom. The molecule has 3 heterocycles. The maximum atomic E-state index is 12.5. The number of hydrogen-bond acceptors (Lipinski definition) is 3. The van der Waals surface area contributed by atoms with E-state index < -0.39 is 5.69 Å². The zero-order valence-corrected chi connectivity index (χ0v) is 18.9. The zero-order valence-electron chi connectivity index (χ0n) is 15.8. The van der Waals surface area contributed by atoms with Gasteiger partial charge in [0.25, 0.3) is 0 Å². The fraction of sp³-hybridized carbons (Fsp3) is 0. The molecular weight excluding hydrogens is 499 g/mol. The second-order valence-corrected chi connectivity index (χ2v) is 8.61. The van der Waals surface area contributed by atoms with Gasteiger partial charge in [0.2, 0.25) is 0 Å². The molecule has 1 N–H and O–H groups in total. The second kappa shape index (κ2) is 7.96. The van der Waals surface area contributed by atoms with E-state index in [1.165, 1.54) is 0 Å². The minimum Gasteiger partial charge on any atom is -0.304 e. The molecule has 0 saturated heterocycles. The lowest BCUT2D eigenvalue weighted by Crippen LogP contribution is -2.12. The molecule has 31 heavy (non-hydrogen) atoms. The molecule has 5 rings (SSSR count). The molecule has 3 aromatic heterocycles. The van der Waals surface area contributed by atoms with Crippen LogP contribution in [0.15, 0.2) is 82.2 Å². The van der Waals surface area contributed by atoms with Crippen LogP contribution in [0.5, 0.6) is 0 Å². The predicted octanol–water partition coefficient (Wildman–Crippen LogP) is 6.49. The van der Waals surface area contributed by atoms with E-state index in [0.29, 0.717) is 38.4 Å². The number of rotatable bonds is 3. The van der Waals surface area contributed by atoms with Crippen molar-refractivity contribution in [1.82, 2.24) is 19.4 Å². The highest BCUT2D eigenvalue weighted by molar-refractivity contribution is 9.10.